The number of likely N-dealkylation sites (N-methyl/N-ethyl adjacent to an activating group) is 1. The average molecular weight is 406 g/mol. The summed E-state index contributed by atoms with van der Waals surface area (Å²) >= 11 is 0. The SMILES string of the molecule is CN(CCN1C=C(CO)NN1C)c1ccc(C#Cc2cc3cc(F)cnc3[nH]2)cc1. The van der Waals surface area contributed by atoms with E-state index in [9.17, 15) is 9.50 Å². The number of nitrogens with zero attached hydrogens (tertiary/aromatic N) is 4. The summed E-state index contributed by atoms with van der Waals surface area (Å²) in [6.45, 7) is 1.58. The van der Waals surface area contributed by atoms with Crippen LogP contribution < -0.4 is 10.3 Å². The molecular formula is C22H23FN6O. The summed E-state index contributed by atoms with van der Waals surface area (Å²) in [5.41, 5.74) is 7.15. The molecule has 3 N–H and O–H groups in total. The number of aromatic amines is 1. The van der Waals surface area contributed by atoms with Crippen molar-refractivity contribution >= 4 is 16.7 Å². The van der Waals surface area contributed by atoms with Crippen molar-refractivity contribution in [1.82, 2.24) is 25.5 Å². The largest absolute Gasteiger partial charge is 0.390 e. The van der Waals surface area contributed by atoms with E-state index in [1.54, 1.807) is 6.07 Å². The van der Waals surface area contributed by atoms with Crippen LogP contribution in [0.15, 0.2) is 54.5 Å². The Morgan fingerprint density at radius 3 is 2.73 bits per heavy atom. The normalized spacial score (nSPS) is 13.7. The van der Waals surface area contributed by atoms with Gasteiger partial charge in [-0.15, -0.1) is 5.12 Å². The number of halogens is 1. The van der Waals surface area contributed by atoms with Gasteiger partial charge in [-0.1, -0.05) is 5.92 Å². The highest BCUT2D eigenvalue weighted by Crippen LogP contribution is 2.16. The Balaban J connectivity index is 1.38. The maximum Gasteiger partial charge on any atom is 0.142 e. The highest BCUT2D eigenvalue weighted by atomic mass is 19.1. The van der Waals surface area contributed by atoms with Gasteiger partial charge in [0.1, 0.15) is 11.5 Å². The van der Waals surface area contributed by atoms with E-state index in [2.05, 4.69) is 32.1 Å². The zero-order valence-electron chi connectivity index (χ0n) is 16.9. The molecule has 0 saturated heterocycles. The van der Waals surface area contributed by atoms with Crippen LogP contribution in [0.25, 0.3) is 11.0 Å². The minimum absolute atomic E-state index is 0.00884. The highest BCUT2D eigenvalue weighted by Gasteiger charge is 2.16. The molecule has 30 heavy (non-hydrogen) atoms. The van der Waals surface area contributed by atoms with Crippen LogP contribution in [0.3, 0.4) is 0 Å². The van der Waals surface area contributed by atoms with Crippen LogP contribution in [-0.4, -0.2) is 59.0 Å². The van der Waals surface area contributed by atoms with Gasteiger partial charge >= 0.3 is 0 Å². The lowest BCUT2D eigenvalue weighted by Crippen LogP contribution is -2.42. The van der Waals surface area contributed by atoms with Gasteiger partial charge in [0.15, 0.2) is 0 Å². The third-order valence-electron chi connectivity index (χ3n) is 4.92. The van der Waals surface area contributed by atoms with Crippen molar-refractivity contribution in [2.45, 2.75) is 0 Å². The molecule has 2 aromatic heterocycles. The summed E-state index contributed by atoms with van der Waals surface area (Å²) in [4.78, 5) is 9.26. The molecule has 0 bridgehead atoms. The summed E-state index contributed by atoms with van der Waals surface area (Å²) < 4.78 is 13.3. The molecule has 1 aliphatic heterocycles. The van der Waals surface area contributed by atoms with E-state index in [0.717, 1.165) is 30.0 Å². The van der Waals surface area contributed by atoms with Crippen molar-refractivity contribution in [3.05, 3.63) is 71.6 Å². The van der Waals surface area contributed by atoms with Crippen molar-refractivity contribution in [2.75, 3.05) is 38.7 Å². The molecule has 1 aliphatic rings. The summed E-state index contributed by atoms with van der Waals surface area (Å²) in [6, 6.07) is 11.3. The van der Waals surface area contributed by atoms with Gasteiger partial charge in [-0.3, -0.25) is 5.01 Å². The number of aromatic nitrogens is 2. The van der Waals surface area contributed by atoms with Crippen LogP contribution >= 0.6 is 0 Å². The van der Waals surface area contributed by atoms with Crippen LogP contribution in [0.5, 0.6) is 0 Å². The number of hydrogen-bond acceptors (Lipinski definition) is 6. The van der Waals surface area contributed by atoms with E-state index >= 15 is 0 Å². The van der Waals surface area contributed by atoms with E-state index < -0.39 is 0 Å². The summed E-state index contributed by atoms with van der Waals surface area (Å²) in [7, 11) is 3.95. The quantitative estimate of drug-likeness (QED) is 0.564. The molecule has 7 nitrogen and oxygen atoms in total. The molecule has 0 amide bonds. The summed E-state index contributed by atoms with van der Waals surface area (Å²) in [5, 5.41) is 13.8. The zero-order valence-corrected chi connectivity index (χ0v) is 16.9. The van der Waals surface area contributed by atoms with Crippen molar-refractivity contribution in [3.63, 3.8) is 0 Å². The Hall–Kier alpha value is -3.54. The molecule has 0 fully saturated rings. The number of hydrazine groups is 2. The number of fused-ring (bicyclic) bond motifs is 1. The molecule has 0 saturated carbocycles. The first kappa shape index (κ1) is 19.8. The van der Waals surface area contributed by atoms with Crippen molar-refractivity contribution in [3.8, 4) is 11.8 Å². The minimum atomic E-state index is -0.363. The van der Waals surface area contributed by atoms with Gasteiger partial charge in [-0.25, -0.2) is 9.37 Å². The standard InChI is InChI=1S/C22H23FN6O/c1-27(9-10-29-14-20(15-30)26-28(29)2)21-7-4-16(5-8-21)3-6-19-12-17-11-18(23)13-24-22(17)25-19/h4-5,7-8,11-14,26,30H,9-10,15H2,1-2H3,(H,24,25). The molecule has 4 rings (SSSR count). The lowest BCUT2D eigenvalue weighted by molar-refractivity contribution is 0.0373. The number of hydrogen-bond donors (Lipinski definition) is 3. The number of pyridine rings is 1. The summed E-state index contributed by atoms with van der Waals surface area (Å²) in [5.74, 6) is 5.83. The Morgan fingerprint density at radius 1 is 1.20 bits per heavy atom. The fourth-order valence-corrected chi connectivity index (χ4v) is 3.23. The minimum Gasteiger partial charge on any atom is -0.390 e. The van der Waals surface area contributed by atoms with Gasteiger partial charge in [0.05, 0.1) is 30.7 Å². The highest BCUT2D eigenvalue weighted by molar-refractivity contribution is 5.77. The van der Waals surface area contributed by atoms with Gasteiger partial charge in [0, 0.05) is 43.5 Å². The average Bonchev–Trinajstić information content (AvgIpc) is 3.32. The van der Waals surface area contributed by atoms with Crippen LogP contribution in [-0.2, 0) is 0 Å². The van der Waals surface area contributed by atoms with Gasteiger partial charge in [-0.05, 0) is 42.3 Å². The van der Waals surface area contributed by atoms with Gasteiger partial charge < -0.3 is 20.4 Å². The number of rotatable bonds is 5. The molecule has 0 aliphatic carbocycles. The molecule has 0 unspecified atom stereocenters. The molecule has 154 valence electrons. The van der Waals surface area contributed by atoms with Crippen LogP contribution in [0.2, 0.25) is 0 Å². The maximum absolute atomic E-state index is 13.3. The number of H-pyrrole nitrogens is 1. The number of anilines is 1. The second-order valence-corrected chi connectivity index (χ2v) is 7.10. The number of benzene rings is 1. The number of nitrogens with one attached hydrogen (secondary N) is 2. The Kier molecular flexibility index (Phi) is 5.57. The second kappa shape index (κ2) is 8.45. The van der Waals surface area contributed by atoms with E-state index in [0.29, 0.717) is 16.7 Å². The van der Waals surface area contributed by atoms with E-state index in [-0.39, 0.29) is 12.4 Å². The molecular weight excluding hydrogens is 383 g/mol. The first-order valence-corrected chi connectivity index (χ1v) is 9.58. The second-order valence-electron chi connectivity index (χ2n) is 7.10. The third-order valence-corrected chi connectivity index (χ3v) is 4.92. The van der Waals surface area contributed by atoms with Crippen LogP contribution in [0.4, 0.5) is 10.1 Å². The zero-order chi connectivity index (χ0) is 21.1. The van der Waals surface area contributed by atoms with Gasteiger partial charge in [-0.2, -0.15) is 0 Å². The van der Waals surface area contributed by atoms with Crippen LogP contribution in [0, 0.1) is 17.7 Å². The molecule has 3 aromatic rings. The predicted molar refractivity (Wildman–Crippen MR) is 115 cm³/mol. The van der Waals surface area contributed by atoms with Gasteiger partial charge in [0.25, 0.3) is 0 Å². The van der Waals surface area contributed by atoms with E-state index in [1.807, 2.05) is 54.7 Å². The molecule has 8 heteroatoms. The topological polar surface area (TPSA) is 70.7 Å². The third kappa shape index (κ3) is 4.38. The fraction of sp³-hybridized carbons (Fsp3) is 0.227. The van der Waals surface area contributed by atoms with Crippen molar-refractivity contribution < 1.29 is 9.50 Å². The lowest BCUT2D eigenvalue weighted by Gasteiger charge is -2.28. The monoisotopic (exact) mass is 406 g/mol. The van der Waals surface area contributed by atoms with E-state index in [4.69, 9.17) is 0 Å². The number of aliphatic hydroxyl groups excluding tert-OH is 1. The first-order chi connectivity index (χ1) is 14.5. The maximum atomic E-state index is 13.3. The summed E-state index contributed by atoms with van der Waals surface area (Å²) in [6.07, 6.45) is 3.09. The van der Waals surface area contributed by atoms with Crippen LogP contribution in [0.1, 0.15) is 11.3 Å². The van der Waals surface area contributed by atoms with Crippen molar-refractivity contribution in [2.24, 2.45) is 0 Å². The predicted octanol–water partition coefficient (Wildman–Crippen LogP) is 2.04. The molecule has 0 spiro atoms. The molecule has 1 aromatic carbocycles. The van der Waals surface area contributed by atoms with E-state index in [1.165, 1.54) is 12.3 Å². The number of aliphatic hydroxyl groups is 1. The Bertz CT molecular complexity index is 1130. The molecule has 0 atom stereocenters. The Labute approximate surface area is 174 Å². The lowest BCUT2D eigenvalue weighted by atomic mass is 10.2. The smallest absolute Gasteiger partial charge is 0.142 e. The fourth-order valence-electron chi connectivity index (χ4n) is 3.23. The van der Waals surface area contributed by atoms with Crippen molar-refractivity contribution in [1.29, 1.82) is 0 Å². The first-order valence-electron chi connectivity index (χ1n) is 9.58. The molecule has 3 heterocycles. The Morgan fingerprint density at radius 2 is 2.00 bits per heavy atom. The molecule has 0 radical (unpaired) electrons. The van der Waals surface area contributed by atoms with Gasteiger partial charge in [0.2, 0.25) is 0 Å².